The standard InChI is InChI=1S/6CN.Na.Ni.H/c6*1-2;;;. The first kappa shape index (κ1) is 14.9. The van der Waals surface area contributed by atoms with E-state index >= 15 is 0 Å². The van der Waals surface area contributed by atoms with Crippen molar-refractivity contribution in [2.24, 2.45) is 0 Å². The van der Waals surface area contributed by atoms with Gasteiger partial charge in [0.25, 0.3) is 0 Å². The van der Waals surface area contributed by atoms with Crippen molar-refractivity contribution in [1.29, 1.82) is 31.6 Å². The molecule has 14 heavy (non-hydrogen) atoms. The molecule has 66 valence electrons. The minimum absolute atomic E-state index is 0. The van der Waals surface area contributed by atoms with Gasteiger partial charge in [0, 0.05) is 0 Å². The number of rotatable bonds is 0. The Morgan fingerprint density at radius 2 is 0.643 bits per heavy atom. The summed E-state index contributed by atoms with van der Waals surface area (Å²) in [7, 11) is -5.90. The molecule has 0 fully saturated rings. The number of hydrogen-bond donors (Lipinski definition) is 0. The van der Waals surface area contributed by atoms with Crippen LogP contribution in [0.15, 0.2) is 0 Å². The van der Waals surface area contributed by atoms with E-state index in [0.717, 1.165) is 30.2 Å². The zero-order valence-corrected chi connectivity index (χ0v) is 6.99. The van der Waals surface area contributed by atoms with Crippen molar-refractivity contribution in [3.05, 3.63) is 0 Å². The average Bonchev–Trinajstić information content (AvgIpc) is 2.26. The molecule has 0 N–H and O–H groups in total. The molecule has 0 aliphatic rings. The van der Waals surface area contributed by atoms with Crippen LogP contribution in [-0.2, 0) is 10.3 Å². The molecule has 0 aliphatic heterocycles. The topological polar surface area (TPSA) is 143 Å². The molecule has 8 heteroatoms. The predicted molar refractivity (Wildman–Crippen MR) is 40.8 cm³/mol. The summed E-state index contributed by atoms with van der Waals surface area (Å²) in [5.41, 5.74) is 0. The normalized spacial score (nSPS) is 12.4. The molecule has 0 rings (SSSR count). The van der Waals surface area contributed by atoms with Crippen molar-refractivity contribution in [3.63, 3.8) is 0 Å². The third kappa shape index (κ3) is 1.15. The molecule has 0 saturated heterocycles. The summed E-state index contributed by atoms with van der Waals surface area (Å²) < 4.78 is 0. The van der Waals surface area contributed by atoms with Crippen LogP contribution in [0, 0.1) is 61.8 Å². The van der Waals surface area contributed by atoms with Gasteiger partial charge in [-0.15, -0.1) is 0 Å². The van der Waals surface area contributed by atoms with Crippen LogP contribution in [0.5, 0.6) is 0 Å². The van der Waals surface area contributed by atoms with E-state index in [0.29, 0.717) is 0 Å². The Bertz CT molecular complexity index is 392. The molecule has 0 aromatic carbocycles. The molecule has 0 unspecified atom stereocenters. The molecule has 0 aliphatic carbocycles. The second kappa shape index (κ2) is 3.30. The fourth-order valence-corrected chi connectivity index (χ4v) is 0.978. The van der Waals surface area contributed by atoms with Crippen LogP contribution in [0.3, 0.4) is 0 Å². The SMILES string of the molecule is N#[C][Ni]([C]#N)([C]#N)([C]#N)([C]#N)[C]#N.[NaH]. The fourth-order valence-electron chi connectivity index (χ4n) is 0.237. The average molecular weight is 239 g/mol. The van der Waals surface area contributed by atoms with Crippen molar-refractivity contribution < 1.29 is 10.3 Å². The van der Waals surface area contributed by atoms with E-state index in [-0.39, 0.29) is 29.6 Å². The van der Waals surface area contributed by atoms with Gasteiger partial charge >= 0.3 is 102 Å². The first-order valence-electron chi connectivity index (χ1n) is 2.29. The van der Waals surface area contributed by atoms with Crippen LogP contribution in [0.2, 0.25) is 0 Å². The Labute approximate surface area is 101 Å². The van der Waals surface area contributed by atoms with Gasteiger partial charge in [-0.25, -0.2) is 0 Å². The maximum absolute atomic E-state index is 8.57. The number of hydrogen-bond acceptors (Lipinski definition) is 6. The monoisotopic (exact) mass is 238 g/mol. The zero-order chi connectivity index (χ0) is 10.7. The summed E-state index contributed by atoms with van der Waals surface area (Å²) in [6, 6.07) is 0. The molecule has 0 bridgehead atoms. The second-order valence-electron chi connectivity index (χ2n) is 1.61. The summed E-state index contributed by atoms with van der Waals surface area (Å²) >= 11 is 0. The molecule has 0 radical (unpaired) electrons. The van der Waals surface area contributed by atoms with E-state index in [2.05, 4.69) is 0 Å². The zero-order valence-electron chi connectivity index (χ0n) is 6.00. The van der Waals surface area contributed by atoms with Gasteiger partial charge in [-0.1, -0.05) is 0 Å². The van der Waals surface area contributed by atoms with Gasteiger partial charge in [0.15, 0.2) is 0 Å². The Morgan fingerprint density at radius 3 is 0.643 bits per heavy atom. The molecular weight excluding hydrogens is 238 g/mol. The summed E-state index contributed by atoms with van der Waals surface area (Å²) in [6.45, 7) is 0. The number of nitrogens with zero attached hydrogens (tertiary/aromatic N) is 6. The molecule has 6 nitrogen and oxygen atoms in total. The Hall–Kier alpha value is -1.57. The quantitative estimate of drug-likeness (QED) is 0.518. The van der Waals surface area contributed by atoms with Gasteiger partial charge in [0.2, 0.25) is 0 Å². The van der Waals surface area contributed by atoms with Gasteiger partial charge in [-0.3, -0.25) is 0 Å². The summed E-state index contributed by atoms with van der Waals surface area (Å²) in [6.07, 6.45) is 0. The van der Waals surface area contributed by atoms with Gasteiger partial charge < -0.3 is 0 Å². The van der Waals surface area contributed by atoms with Crippen molar-refractivity contribution >= 4 is 29.6 Å². The van der Waals surface area contributed by atoms with Crippen molar-refractivity contribution in [3.8, 4) is 30.2 Å². The Kier molecular flexibility index (Phi) is 3.51. The molecular formula is C6HN6NaNi. The molecule has 0 saturated carbocycles. The molecule has 0 atom stereocenters. The second-order valence-corrected chi connectivity index (χ2v) is 6.64. The van der Waals surface area contributed by atoms with Crippen molar-refractivity contribution in [2.45, 2.75) is 0 Å². The van der Waals surface area contributed by atoms with Crippen LogP contribution in [0.4, 0.5) is 0 Å². The first-order chi connectivity index (χ1) is 5.97. The Balaban J connectivity index is 0. The molecule has 0 amide bonds. The van der Waals surface area contributed by atoms with Crippen LogP contribution < -0.4 is 0 Å². The van der Waals surface area contributed by atoms with Gasteiger partial charge in [0.1, 0.15) is 0 Å². The summed E-state index contributed by atoms with van der Waals surface area (Å²) in [5.74, 6) is 0. The van der Waals surface area contributed by atoms with E-state index < -0.39 is 10.3 Å². The van der Waals surface area contributed by atoms with Crippen molar-refractivity contribution in [2.75, 3.05) is 0 Å². The minimum atomic E-state index is -5.90. The fraction of sp³-hybridized carbons (Fsp3) is 0. The summed E-state index contributed by atoms with van der Waals surface area (Å²) in [4.78, 5) is 0. The number of nitriles is 6. The summed E-state index contributed by atoms with van der Waals surface area (Å²) in [5, 5.41) is 57.5. The molecule has 0 heterocycles. The van der Waals surface area contributed by atoms with Gasteiger partial charge in [0.05, 0.1) is 0 Å². The molecule has 0 aromatic rings. The van der Waals surface area contributed by atoms with Crippen LogP contribution >= 0.6 is 0 Å². The van der Waals surface area contributed by atoms with E-state index in [1.54, 1.807) is 0 Å². The molecule has 0 spiro atoms. The van der Waals surface area contributed by atoms with E-state index in [1.807, 2.05) is 0 Å². The van der Waals surface area contributed by atoms with E-state index in [9.17, 15) is 0 Å². The van der Waals surface area contributed by atoms with E-state index in [1.165, 1.54) is 0 Å². The van der Waals surface area contributed by atoms with Gasteiger partial charge in [-0.05, 0) is 0 Å². The first-order valence-corrected chi connectivity index (χ1v) is 5.25. The third-order valence-electron chi connectivity index (χ3n) is 1.06. The van der Waals surface area contributed by atoms with E-state index in [4.69, 9.17) is 31.6 Å². The van der Waals surface area contributed by atoms with Crippen molar-refractivity contribution in [1.82, 2.24) is 0 Å². The predicted octanol–water partition coefficient (Wildman–Crippen LogP) is -0.550. The van der Waals surface area contributed by atoms with Gasteiger partial charge in [-0.2, -0.15) is 0 Å². The Morgan fingerprint density at radius 1 is 0.500 bits per heavy atom. The maximum atomic E-state index is 8.57. The molecule has 0 aromatic heterocycles. The third-order valence-corrected chi connectivity index (χ3v) is 4.37. The van der Waals surface area contributed by atoms with Crippen LogP contribution in [-0.4, -0.2) is 29.6 Å². The van der Waals surface area contributed by atoms with Crippen LogP contribution in [0.1, 0.15) is 0 Å². The van der Waals surface area contributed by atoms with Crippen LogP contribution in [0.25, 0.3) is 0 Å².